The van der Waals surface area contributed by atoms with Gasteiger partial charge in [0.05, 0.1) is 25.8 Å². The van der Waals surface area contributed by atoms with E-state index in [4.69, 9.17) is 9.47 Å². The molecule has 6 nitrogen and oxygen atoms in total. The molecule has 0 saturated heterocycles. The molecule has 0 fully saturated rings. The molecule has 0 radical (unpaired) electrons. The van der Waals surface area contributed by atoms with Crippen LogP contribution >= 0.6 is 0 Å². The number of nitrogens with one attached hydrogen (secondary N) is 2. The molecule has 0 bridgehead atoms. The van der Waals surface area contributed by atoms with Crippen molar-refractivity contribution in [3.63, 3.8) is 0 Å². The van der Waals surface area contributed by atoms with Crippen LogP contribution in [0.15, 0.2) is 89.3 Å². The SMILES string of the molecule is COc1cccc(C2C(C(=O)Nc3ccc(F)cc3F)=C(C)NC3=C2C(=O)CC(c2ccccc2)C3)c1OC. The van der Waals surface area contributed by atoms with E-state index in [0.717, 1.165) is 23.4 Å². The van der Waals surface area contributed by atoms with Crippen LogP contribution in [0.2, 0.25) is 0 Å². The molecule has 2 N–H and O–H groups in total. The van der Waals surface area contributed by atoms with Gasteiger partial charge in [0.1, 0.15) is 11.6 Å². The summed E-state index contributed by atoms with van der Waals surface area (Å²) in [6.07, 6.45) is 0.848. The van der Waals surface area contributed by atoms with Gasteiger partial charge in [-0.2, -0.15) is 0 Å². The number of amides is 1. The summed E-state index contributed by atoms with van der Waals surface area (Å²) in [4.78, 5) is 27.6. The van der Waals surface area contributed by atoms with Crippen molar-refractivity contribution < 1.29 is 27.8 Å². The van der Waals surface area contributed by atoms with E-state index in [9.17, 15) is 18.4 Å². The summed E-state index contributed by atoms with van der Waals surface area (Å²) in [7, 11) is 3.01. The van der Waals surface area contributed by atoms with Crippen molar-refractivity contribution in [2.75, 3.05) is 19.5 Å². The van der Waals surface area contributed by atoms with Crippen LogP contribution in [0.1, 0.15) is 42.7 Å². The van der Waals surface area contributed by atoms with E-state index in [0.29, 0.717) is 40.8 Å². The van der Waals surface area contributed by atoms with Crippen LogP contribution in [0.25, 0.3) is 0 Å². The third-order valence-corrected chi connectivity index (χ3v) is 7.27. The van der Waals surface area contributed by atoms with E-state index in [1.807, 2.05) is 30.3 Å². The number of rotatable bonds is 6. The lowest BCUT2D eigenvalue weighted by Gasteiger charge is -2.37. The average Bonchev–Trinajstić information content (AvgIpc) is 2.93. The number of carbonyl (C=O) groups is 2. The zero-order chi connectivity index (χ0) is 27.7. The number of hydrogen-bond acceptors (Lipinski definition) is 5. The molecule has 2 aliphatic rings. The fourth-order valence-corrected chi connectivity index (χ4v) is 5.53. The average molecular weight is 531 g/mol. The molecule has 1 aliphatic heterocycles. The van der Waals surface area contributed by atoms with Crippen LogP contribution in [0.4, 0.5) is 14.5 Å². The van der Waals surface area contributed by atoms with Gasteiger partial charge < -0.3 is 20.1 Å². The number of Topliss-reactive ketones (excluding diaryl/α,β-unsaturated/α-hetero) is 1. The Morgan fingerprint density at radius 2 is 1.74 bits per heavy atom. The summed E-state index contributed by atoms with van der Waals surface area (Å²) in [5.74, 6) is -2.36. The number of methoxy groups -OCH3 is 2. The molecular formula is C31H28F2N2O4. The number of ether oxygens (including phenoxy) is 2. The van der Waals surface area contributed by atoms with E-state index >= 15 is 0 Å². The quantitative estimate of drug-likeness (QED) is 0.410. The number of anilines is 1. The van der Waals surface area contributed by atoms with E-state index in [2.05, 4.69) is 10.6 Å². The number of carbonyl (C=O) groups excluding carboxylic acids is 2. The van der Waals surface area contributed by atoms with Crippen molar-refractivity contribution in [1.82, 2.24) is 5.32 Å². The lowest BCUT2D eigenvalue weighted by atomic mass is 9.71. The largest absolute Gasteiger partial charge is 0.493 e. The number of halogens is 2. The highest BCUT2D eigenvalue weighted by Crippen LogP contribution is 2.49. The predicted octanol–water partition coefficient (Wildman–Crippen LogP) is 5.98. The lowest BCUT2D eigenvalue weighted by Crippen LogP contribution is -2.37. The highest BCUT2D eigenvalue weighted by Gasteiger charge is 2.42. The fourth-order valence-electron chi connectivity index (χ4n) is 5.53. The van der Waals surface area contributed by atoms with Crippen molar-refractivity contribution in [1.29, 1.82) is 0 Å². The molecule has 3 aromatic carbocycles. The van der Waals surface area contributed by atoms with Crippen molar-refractivity contribution in [3.05, 3.63) is 112 Å². The minimum Gasteiger partial charge on any atom is -0.493 e. The predicted molar refractivity (Wildman–Crippen MR) is 144 cm³/mol. The normalized spacial score (nSPS) is 18.8. The van der Waals surface area contributed by atoms with Gasteiger partial charge in [-0.1, -0.05) is 42.5 Å². The number of para-hydroxylation sites is 1. The van der Waals surface area contributed by atoms with E-state index in [1.165, 1.54) is 14.2 Å². The minimum absolute atomic E-state index is 0.0192. The molecule has 8 heteroatoms. The Hall–Kier alpha value is -4.46. The van der Waals surface area contributed by atoms with Crippen LogP contribution < -0.4 is 20.1 Å². The van der Waals surface area contributed by atoms with Crippen molar-refractivity contribution in [2.24, 2.45) is 0 Å². The number of allylic oxidation sites excluding steroid dienone is 3. The topological polar surface area (TPSA) is 76.7 Å². The number of benzene rings is 3. The van der Waals surface area contributed by atoms with Crippen molar-refractivity contribution in [3.8, 4) is 11.5 Å². The van der Waals surface area contributed by atoms with Gasteiger partial charge in [-0.05, 0) is 43.0 Å². The Morgan fingerprint density at radius 3 is 2.44 bits per heavy atom. The maximum atomic E-state index is 14.5. The minimum atomic E-state index is -0.903. The molecular weight excluding hydrogens is 502 g/mol. The summed E-state index contributed by atoms with van der Waals surface area (Å²) in [6, 6.07) is 18.1. The van der Waals surface area contributed by atoms with E-state index < -0.39 is 23.5 Å². The molecule has 5 rings (SSSR count). The second-order valence-electron chi connectivity index (χ2n) is 9.59. The third kappa shape index (κ3) is 4.90. The standard InChI is InChI=1S/C31H28F2N2O4/c1-17-27(31(37)35-23-13-12-20(32)16-22(23)33)28(21-10-7-11-26(38-2)30(21)39-3)29-24(34-17)14-19(15-25(29)36)18-8-5-4-6-9-18/h4-13,16,19,28,34H,14-15H2,1-3H3,(H,35,37). The molecule has 1 heterocycles. The summed E-state index contributed by atoms with van der Waals surface area (Å²) in [5, 5.41) is 5.87. The van der Waals surface area contributed by atoms with Gasteiger partial charge in [-0.15, -0.1) is 0 Å². The van der Waals surface area contributed by atoms with E-state index in [1.54, 1.807) is 25.1 Å². The van der Waals surface area contributed by atoms with Crippen LogP contribution in [0.5, 0.6) is 11.5 Å². The molecule has 0 spiro atoms. The first-order valence-electron chi connectivity index (χ1n) is 12.6. The summed E-state index contributed by atoms with van der Waals surface area (Å²) in [6.45, 7) is 1.75. The summed E-state index contributed by atoms with van der Waals surface area (Å²) < 4.78 is 39.2. The van der Waals surface area contributed by atoms with Gasteiger partial charge >= 0.3 is 0 Å². The number of ketones is 1. The van der Waals surface area contributed by atoms with Gasteiger partial charge in [0.25, 0.3) is 5.91 Å². The molecule has 2 unspecified atom stereocenters. The highest BCUT2D eigenvalue weighted by atomic mass is 19.1. The molecule has 3 aromatic rings. The maximum Gasteiger partial charge on any atom is 0.254 e. The van der Waals surface area contributed by atoms with Crippen molar-refractivity contribution in [2.45, 2.75) is 31.6 Å². The summed E-state index contributed by atoms with van der Waals surface area (Å²) >= 11 is 0. The number of hydrogen-bond donors (Lipinski definition) is 2. The zero-order valence-electron chi connectivity index (χ0n) is 21.8. The Kier molecular flexibility index (Phi) is 7.19. The second kappa shape index (κ2) is 10.7. The van der Waals surface area contributed by atoms with Crippen LogP contribution in [-0.4, -0.2) is 25.9 Å². The molecule has 1 amide bonds. The number of dihydropyridines is 1. The van der Waals surface area contributed by atoms with Gasteiger partial charge in [0.15, 0.2) is 17.3 Å². The molecule has 2 atom stereocenters. The van der Waals surface area contributed by atoms with Gasteiger partial charge in [0, 0.05) is 40.6 Å². The first-order valence-corrected chi connectivity index (χ1v) is 12.6. The Labute approximate surface area is 225 Å². The fraction of sp³-hybridized carbons (Fsp3) is 0.226. The zero-order valence-corrected chi connectivity index (χ0v) is 21.8. The Morgan fingerprint density at radius 1 is 0.974 bits per heavy atom. The highest BCUT2D eigenvalue weighted by molar-refractivity contribution is 6.10. The molecule has 0 saturated carbocycles. The van der Waals surface area contributed by atoms with Crippen molar-refractivity contribution >= 4 is 17.4 Å². The Balaban J connectivity index is 1.63. The van der Waals surface area contributed by atoms with E-state index in [-0.39, 0.29) is 29.4 Å². The smallest absolute Gasteiger partial charge is 0.254 e. The monoisotopic (exact) mass is 530 g/mol. The van der Waals surface area contributed by atoms with Gasteiger partial charge in [-0.25, -0.2) is 8.78 Å². The summed E-state index contributed by atoms with van der Waals surface area (Å²) in [5.41, 5.74) is 3.41. The van der Waals surface area contributed by atoms with Crippen LogP contribution in [-0.2, 0) is 9.59 Å². The molecule has 39 heavy (non-hydrogen) atoms. The lowest BCUT2D eigenvalue weighted by molar-refractivity contribution is -0.116. The third-order valence-electron chi connectivity index (χ3n) is 7.27. The first-order chi connectivity index (χ1) is 18.8. The molecule has 200 valence electrons. The first kappa shape index (κ1) is 26.2. The maximum absolute atomic E-state index is 14.5. The van der Waals surface area contributed by atoms with Crippen LogP contribution in [0, 0.1) is 11.6 Å². The van der Waals surface area contributed by atoms with Gasteiger partial charge in [0.2, 0.25) is 0 Å². The van der Waals surface area contributed by atoms with Gasteiger partial charge in [-0.3, -0.25) is 9.59 Å². The molecule has 0 aromatic heterocycles. The molecule has 1 aliphatic carbocycles. The van der Waals surface area contributed by atoms with Crippen LogP contribution in [0.3, 0.4) is 0 Å². The Bertz CT molecular complexity index is 1510. The second-order valence-corrected chi connectivity index (χ2v) is 9.59.